The fourth-order valence-electron chi connectivity index (χ4n) is 3.18. The van der Waals surface area contributed by atoms with Gasteiger partial charge < -0.3 is 10.4 Å². The minimum absolute atomic E-state index is 0.425. The Bertz CT molecular complexity index is 203. The van der Waals surface area contributed by atoms with Crippen LogP contribution in [0.25, 0.3) is 0 Å². The minimum Gasteiger partial charge on any atom is -0.389 e. The van der Waals surface area contributed by atoms with Gasteiger partial charge in [0.2, 0.25) is 0 Å². The summed E-state index contributed by atoms with van der Waals surface area (Å²) in [5.74, 6) is 0.854. The molecule has 0 saturated heterocycles. The van der Waals surface area contributed by atoms with E-state index in [1.807, 2.05) is 0 Å². The average Bonchev–Trinajstić information content (AvgIpc) is 2.38. The van der Waals surface area contributed by atoms with Gasteiger partial charge in [-0.05, 0) is 44.4 Å². The van der Waals surface area contributed by atoms with Crippen molar-refractivity contribution in [3.8, 4) is 0 Å². The summed E-state index contributed by atoms with van der Waals surface area (Å²) in [7, 11) is 0. The Morgan fingerprint density at radius 1 is 1.11 bits per heavy atom. The van der Waals surface area contributed by atoms with Gasteiger partial charge in [-0.15, -0.1) is 0 Å². The lowest BCUT2D eigenvalue weighted by Crippen LogP contribution is -2.46. The first-order valence-electron chi connectivity index (χ1n) is 8.09. The molecular weight excluding hydrogens is 222 g/mol. The Hall–Kier alpha value is -0.0800. The van der Waals surface area contributed by atoms with E-state index in [1.54, 1.807) is 0 Å². The topological polar surface area (TPSA) is 32.3 Å². The number of hydrogen-bond acceptors (Lipinski definition) is 2. The van der Waals surface area contributed by atoms with Gasteiger partial charge >= 0.3 is 0 Å². The molecule has 0 unspecified atom stereocenters. The first kappa shape index (κ1) is 16.0. The van der Waals surface area contributed by atoms with Crippen molar-refractivity contribution in [3.05, 3.63) is 0 Å². The van der Waals surface area contributed by atoms with Gasteiger partial charge in [0.25, 0.3) is 0 Å². The van der Waals surface area contributed by atoms with E-state index in [2.05, 4.69) is 26.1 Å². The maximum atomic E-state index is 10.6. The Balaban J connectivity index is 2.32. The van der Waals surface area contributed by atoms with Gasteiger partial charge in [-0.2, -0.15) is 0 Å². The lowest BCUT2D eigenvalue weighted by molar-refractivity contribution is -0.0110. The molecule has 2 N–H and O–H groups in total. The van der Waals surface area contributed by atoms with Crippen molar-refractivity contribution in [2.24, 2.45) is 5.92 Å². The zero-order valence-electron chi connectivity index (χ0n) is 12.7. The molecule has 0 atom stereocenters. The van der Waals surface area contributed by atoms with Crippen LogP contribution in [0.2, 0.25) is 0 Å². The van der Waals surface area contributed by atoms with Crippen molar-refractivity contribution in [2.75, 3.05) is 6.54 Å². The van der Waals surface area contributed by atoms with Gasteiger partial charge in [0.05, 0.1) is 5.60 Å². The van der Waals surface area contributed by atoms with Crippen LogP contribution >= 0.6 is 0 Å². The summed E-state index contributed by atoms with van der Waals surface area (Å²) in [6.45, 7) is 7.55. The Morgan fingerprint density at radius 3 is 2.11 bits per heavy atom. The number of hydrogen-bond donors (Lipinski definition) is 2. The highest BCUT2D eigenvalue weighted by Crippen LogP contribution is 2.33. The van der Waals surface area contributed by atoms with Crippen molar-refractivity contribution >= 4 is 0 Å². The fourth-order valence-corrected chi connectivity index (χ4v) is 3.18. The molecule has 2 nitrogen and oxygen atoms in total. The molecule has 0 heterocycles. The van der Waals surface area contributed by atoms with Gasteiger partial charge in [-0.3, -0.25) is 0 Å². The van der Waals surface area contributed by atoms with Crippen molar-refractivity contribution in [3.63, 3.8) is 0 Å². The number of nitrogens with one attached hydrogen (secondary N) is 1. The van der Waals surface area contributed by atoms with E-state index < -0.39 is 5.60 Å². The normalized spacial score (nSPS) is 28.8. The number of aliphatic hydroxyl groups is 1. The molecule has 1 rings (SSSR count). The fraction of sp³-hybridized carbons (Fsp3) is 1.00. The van der Waals surface area contributed by atoms with Crippen LogP contribution in [0.5, 0.6) is 0 Å². The van der Waals surface area contributed by atoms with Crippen LogP contribution in [-0.4, -0.2) is 23.3 Å². The summed E-state index contributed by atoms with van der Waals surface area (Å²) in [5.41, 5.74) is -0.425. The molecule has 1 aliphatic carbocycles. The second-order valence-electron chi connectivity index (χ2n) is 6.23. The van der Waals surface area contributed by atoms with Crippen molar-refractivity contribution in [1.82, 2.24) is 5.32 Å². The minimum atomic E-state index is -0.425. The van der Waals surface area contributed by atoms with Crippen LogP contribution < -0.4 is 5.32 Å². The van der Waals surface area contributed by atoms with Crippen LogP contribution in [0, 0.1) is 5.92 Å². The van der Waals surface area contributed by atoms with Gasteiger partial charge in [0, 0.05) is 12.6 Å². The molecule has 0 bridgehead atoms. The van der Waals surface area contributed by atoms with Crippen molar-refractivity contribution < 1.29 is 5.11 Å². The average molecular weight is 255 g/mol. The van der Waals surface area contributed by atoms with E-state index in [0.29, 0.717) is 6.04 Å². The third kappa shape index (κ3) is 5.27. The quantitative estimate of drug-likeness (QED) is 0.690. The largest absolute Gasteiger partial charge is 0.389 e. The lowest BCUT2D eigenvalue weighted by Gasteiger charge is -2.37. The van der Waals surface area contributed by atoms with Crippen LogP contribution in [0.3, 0.4) is 0 Å². The van der Waals surface area contributed by atoms with Crippen LogP contribution in [0.1, 0.15) is 78.6 Å². The summed E-state index contributed by atoms with van der Waals surface area (Å²) in [4.78, 5) is 0. The zero-order valence-corrected chi connectivity index (χ0v) is 12.7. The molecule has 0 aliphatic heterocycles. The summed E-state index contributed by atoms with van der Waals surface area (Å²) in [6.07, 6.45) is 10.6. The molecule has 108 valence electrons. The summed E-state index contributed by atoms with van der Waals surface area (Å²) < 4.78 is 0. The lowest BCUT2D eigenvalue weighted by atomic mass is 9.77. The molecule has 18 heavy (non-hydrogen) atoms. The zero-order chi connectivity index (χ0) is 13.4. The molecule has 1 aliphatic rings. The van der Waals surface area contributed by atoms with Crippen molar-refractivity contribution in [2.45, 2.75) is 90.2 Å². The Kier molecular flexibility index (Phi) is 7.25. The monoisotopic (exact) mass is 255 g/mol. The molecule has 2 heteroatoms. The highest BCUT2D eigenvalue weighted by atomic mass is 16.3. The third-order valence-electron chi connectivity index (χ3n) is 4.61. The molecule has 0 aromatic carbocycles. The third-order valence-corrected chi connectivity index (χ3v) is 4.61. The summed E-state index contributed by atoms with van der Waals surface area (Å²) >= 11 is 0. The Morgan fingerprint density at radius 2 is 1.67 bits per heavy atom. The summed E-state index contributed by atoms with van der Waals surface area (Å²) in [6, 6.07) is 0.605. The smallest absolute Gasteiger partial charge is 0.0771 e. The summed E-state index contributed by atoms with van der Waals surface area (Å²) in [5, 5.41) is 14.2. The van der Waals surface area contributed by atoms with Gasteiger partial charge in [0.15, 0.2) is 0 Å². The molecule has 0 aromatic heterocycles. The SMILES string of the molecule is CCCC(CCC)NCC1(O)CCC(CC)CC1. The van der Waals surface area contributed by atoms with Crippen LogP contribution in [0.15, 0.2) is 0 Å². The standard InChI is InChI=1S/C16H33NO/c1-4-7-15(8-5-2)17-13-16(18)11-9-14(6-3)10-12-16/h14-15,17-18H,4-13H2,1-3H3. The van der Waals surface area contributed by atoms with E-state index in [4.69, 9.17) is 0 Å². The first-order valence-corrected chi connectivity index (χ1v) is 8.09. The van der Waals surface area contributed by atoms with E-state index in [9.17, 15) is 5.11 Å². The molecule has 1 fully saturated rings. The van der Waals surface area contributed by atoms with Crippen LogP contribution in [0.4, 0.5) is 0 Å². The van der Waals surface area contributed by atoms with Crippen LogP contribution in [-0.2, 0) is 0 Å². The maximum Gasteiger partial charge on any atom is 0.0771 e. The van der Waals surface area contributed by atoms with Gasteiger partial charge in [-0.1, -0.05) is 40.0 Å². The second-order valence-corrected chi connectivity index (χ2v) is 6.23. The molecule has 1 saturated carbocycles. The van der Waals surface area contributed by atoms with E-state index in [0.717, 1.165) is 25.3 Å². The predicted octanol–water partition coefficient (Wildman–Crippen LogP) is 3.88. The highest BCUT2D eigenvalue weighted by molar-refractivity contribution is 4.88. The molecular formula is C16H33NO. The van der Waals surface area contributed by atoms with E-state index >= 15 is 0 Å². The molecule has 0 radical (unpaired) electrons. The Labute approximate surface area is 114 Å². The molecule has 0 aromatic rings. The molecule has 0 spiro atoms. The second kappa shape index (κ2) is 8.16. The molecule has 0 amide bonds. The van der Waals surface area contributed by atoms with E-state index in [1.165, 1.54) is 44.9 Å². The maximum absolute atomic E-state index is 10.6. The van der Waals surface area contributed by atoms with E-state index in [-0.39, 0.29) is 0 Å². The first-order chi connectivity index (χ1) is 8.63. The van der Waals surface area contributed by atoms with Gasteiger partial charge in [0.1, 0.15) is 0 Å². The number of rotatable bonds is 8. The van der Waals surface area contributed by atoms with Crippen molar-refractivity contribution in [1.29, 1.82) is 0 Å². The predicted molar refractivity (Wildman–Crippen MR) is 78.8 cm³/mol. The highest BCUT2D eigenvalue weighted by Gasteiger charge is 2.32. The van der Waals surface area contributed by atoms with Gasteiger partial charge in [-0.25, -0.2) is 0 Å².